The van der Waals surface area contributed by atoms with Crippen molar-refractivity contribution < 1.29 is 17.6 Å². The fraction of sp³-hybridized carbons (Fsp3) is 0.235. The Hall–Kier alpha value is -1.77. The maximum atomic E-state index is 12.9. The van der Waals surface area contributed by atoms with Crippen LogP contribution in [-0.4, -0.2) is 39.3 Å². The Bertz CT molecular complexity index is 868. The van der Waals surface area contributed by atoms with Crippen LogP contribution in [0, 0.1) is 5.82 Å². The standard InChI is InChI=1S/C17H18BrFN2O3S/c1-21(2)25(23,24)16-11-13(5-8-15(16)18)17(22)20-10-9-12-3-6-14(19)7-4-12/h3-8,11H,9-10H2,1-2H3,(H,20,22). The highest BCUT2D eigenvalue weighted by atomic mass is 79.9. The zero-order valence-electron chi connectivity index (χ0n) is 13.8. The molecule has 0 aliphatic heterocycles. The quantitative estimate of drug-likeness (QED) is 0.768. The molecule has 1 N–H and O–H groups in total. The van der Waals surface area contributed by atoms with Crippen LogP contribution in [0.15, 0.2) is 51.8 Å². The fourth-order valence-corrected chi connectivity index (χ4v) is 3.96. The number of carbonyl (C=O) groups is 1. The summed E-state index contributed by atoms with van der Waals surface area (Å²) >= 11 is 3.20. The molecule has 1 amide bonds. The lowest BCUT2D eigenvalue weighted by Gasteiger charge is -2.14. The molecule has 2 aromatic carbocycles. The summed E-state index contributed by atoms with van der Waals surface area (Å²) in [5.41, 5.74) is 1.15. The molecule has 0 bridgehead atoms. The van der Waals surface area contributed by atoms with Gasteiger partial charge >= 0.3 is 0 Å². The molecule has 0 aliphatic rings. The van der Waals surface area contributed by atoms with Gasteiger partial charge in [-0.25, -0.2) is 17.1 Å². The second-order valence-electron chi connectivity index (χ2n) is 5.56. The molecule has 0 unspecified atom stereocenters. The van der Waals surface area contributed by atoms with Gasteiger partial charge in [0.2, 0.25) is 10.0 Å². The summed E-state index contributed by atoms with van der Waals surface area (Å²) in [4.78, 5) is 12.3. The molecule has 0 saturated carbocycles. The molecule has 0 fully saturated rings. The summed E-state index contributed by atoms with van der Waals surface area (Å²) in [6.45, 7) is 0.357. The Labute approximate surface area is 155 Å². The Balaban J connectivity index is 2.08. The van der Waals surface area contributed by atoms with Crippen molar-refractivity contribution in [1.82, 2.24) is 9.62 Å². The van der Waals surface area contributed by atoms with Crippen molar-refractivity contribution >= 4 is 31.9 Å². The minimum absolute atomic E-state index is 0.0312. The number of rotatable bonds is 6. The smallest absolute Gasteiger partial charge is 0.251 e. The summed E-state index contributed by atoms with van der Waals surface area (Å²) in [5.74, 6) is -0.679. The van der Waals surface area contributed by atoms with Crippen molar-refractivity contribution in [3.05, 3.63) is 63.9 Å². The van der Waals surface area contributed by atoms with Gasteiger partial charge in [0.1, 0.15) is 5.82 Å². The van der Waals surface area contributed by atoms with E-state index in [1.165, 1.54) is 38.4 Å². The van der Waals surface area contributed by atoms with E-state index in [1.807, 2.05) is 0 Å². The predicted molar refractivity (Wildman–Crippen MR) is 97.5 cm³/mol. The number of hydrogen-bond acceptors (Lipinski definition) is 3. The third kappa shape index (κ3) is 4.87. The van der Waals surface area contributed by atoms with Crippen molar-refractivity contribution in [2.75, 3.05) is 20.6 Å². The van der Waals surface area contributed by atoms with E-state index in [1.54, 1.807) is 18.2 Å². The Morgan fingerprint density at radius 3 is 2.40 bits per heavy atom. The van der Waals surface area contributed by atoms with Gasteiger partial charge in [0.15, 0.2) is 0 Å². The molecule has 0 atom stereocenters. The summed E-state index contributed by atoms with van der Waals surface area (Å²) in [7, 11) is -0.805. The molecule has 0 spiro atoms. The highest BCUT2D eigenvalue weighted by Crippen LogP contribution is 2.25. The Morgan fingerprint density at radius 1 is 1.16 bits per heavy atom. The van der Waals surface area contributed by atoms with E-state index in [0.29, 0.717) is 17.4 Å². The lowest BCUT2D eigenvalue weighted by molar-refractivity contribution is 0.0954. The second-order valence-corrected chi connectivity index (χ2v) is 8.54. The van der Waals surface area contributed by atoms with Gasteiger partial charge in [-0.1, -0.05) is 12.1 Å². The maximum absolute atomic E-state index is 12.9. The number of carbonyl (C=O) groups excluding carboxylic acids is 1. The van der Waals surface area contributed by atoms with Crippen molar-refractivity contribution in [3.8, 4) is 0 Å². The number of nitrogens with one attached hydrogen (secondary N) is 1. The zero-order valence-corrected chi connectivity index (χ0v) is 16.2. The highest BCUT2D eigenvalue weighted by molar-refractivity contribution is 9.10. The van der Waals surface area contributed by atoms with Crippen LogP contribution >= 0.6 is 15.9 Å². The van der Waals surface area contributed by atoms with Crippen LogP contribution in [0.1, 0.15) is 15.9 Å². The molecule has 2 rings (SSSR count). The van der Waals surface area contributed by atoms with Crippen molar-refractivity contribution in [2.24, 2.45) is 0 Å². The largest absolute Gasteiger partial charge is 0.352 e. The molecule has 0 heterocycles. The van der Waals surface area contributed by atoms with E-state index in [0.717, 1.165) is 9.87 Å². The molecule has 8 heteroatoms. The summed E-state index contributed by atoms with van der Waals surface area (Å²) in [6.07, 6.45) is 0.547. The fourth-order valence-electron chi connectivity index (χ4n) is 2.11. The molecular weight excluding hydrogens is 411 g/mol. The zero-order chi connectivity index (χ0) is 18.6. The molecular formula is C17H18BrFN2O3S. The lowest BCUT2D eigenvalue weighted by atomic mass is 10.1. The van der Waals surface area contributed by atoms with Crippen LogP contribution in [0.25, 0.3) is 0 Å². The van der Waals surface area contributed by atoms with E-state index >= 15 is 0 Å². The maximum Gasteiger partial charge on any atom is 0.251 e. The normalized spacial score (nSPS) is 11.6. The first kappa shape index (κ1) is 19.6. The topological polar surface area (TPSA) is 66.5 Å². The third-order valence-corrected chi connectivity index (χ3v) is 6.37. The second kappa shape index (κ2) is 8.07. The molecule has 25 heavy (non-hydrogen) atoms. The van der Waals surface area contributed by atoms with E-state index in [9.17, 15) is 17.6 Å². The number of amides is 1. The first-order valence-corrected chi connectivity index (χ1v) is 9.70. The van der Waals surface area contributed by atoms with E-state index in [-0.39, 0.29) is 22.2 Å². The summed E-state index contributed by atoms with van der Waals surface area (Å²) in [5, 5.41) is 2.73. The van der Waals surface area contributed by atoms with Crippen LogP contribution in [-0.2, 0) is 16.4 Å². The van der Waals surface area contributed by atoms with Gasteiger partial charge in [-0.3, -0.25) is 4.79 Å². The molecule has 2 aromatic rings. The van der Waals surface area contributed by atoms with Crippen LogP contribution in [0.5, 0.6) is 0 Å². The molecule has 0 radical (unpaired) electrons. The monoisotopic (exact) mass is 428 g/mol. The van der Waals surface area contributed by atoms with Crippen LogP contribution in [0.3, 0.4) is 0 Å². The minimum Gasteiger partial charge on any atom is -0.352 e. The minimum atomic E-state index is -3.66. The average Bonchev–Trinajstić information content (AvgIpc) is 2.56. The van der Waals surface area contributed by atoms with Crippen LogP contribution in [0.2, 0.25) is 0 Å². The van der Waals surface area contributed by atoms with Gasteiger partial charge in [0.25, 0.3) is 5.91 Å². The Morgan fingerprint density at radius 2 is 1.80 bits per heavy atom. The van der Waals surface area contributed by atoms with Crippen LogP contribution < -0.4 is 5.32 Å². The molecule has 0 aromatic heterocycles. The third-order valence-electron chi connectivity index (χ3n) is 3.56. The number of hydrogen-bond donors (Lipinski definition) is 1. The van der Waals surface area contributed by atoms with Gasteiger partial charge in [-0.2, -0.15) is 0 Å². The Kier molecular flexibility index (Phi) is 6.31. The average molecular weight is 429 g/mol. The first-order chi connectivity index (χ1) is 11.7. The predicted octanol–water partition coefficient (Wildman–Crippen LogP) is 2.81. The van der Waals surface area contributed by atoms with Crippen molar-refractivity contribution in [2.45, 2.75) is 11.3 Å². The molecule has 134 valence electrons. The van der Waals surface area contributed by atoms with Crippen molar-refractivity contribution in [3.63, 3.8) is 0 Å². The van der Waals surface area contributed by atoms with Gasteiger partial charge in [-0.05, 0) is 58.2 Å². The lowest BCUT2D eigenvalue weighted by Crippen LogP contribution is -2.27. The van der Waals surface area contributed by atoms with Gasteiger partial charge in [0, 0.05) is 30.7 Å². The van der Waals surface area contributed by atoms with Crippen LogP contribution in [0.4, 0.5) is 4.39 Å². The number of nitrogens with zero attached hydrogens (tertiary/aromatic N) is 1. The van der Waals surface area contributed by atoms with Crippen molar-refractivity contribution in [1.29, 1.82) is 0 Å². The van der Waals surface area contributed by atoms with Gasteiger partial charge in [0.05, 0.1) is 4.90 Å². The molecule has 0 aliphatic carbocycles. The summed E-state index contributed by atoms with van der Waals surface area (Å²) < 4.78 is 38.9. The summed E-state index contributed by atoms with van der Waals surface area (Å²) in [6, 6.07) is 10.5. The van der Waals surface area contributed by atoms with E-state index < -0.39 is 10.0 Å². The first-order valence-electron chi connectivity index (χ1n) is 7.46. The molecule has 5 nitrogen and oxygen atoms in total. The number of sulfonamides is 1. The SMILES string of the molecule is CN(C)S(=O)(=O)c1cc(C(=O)NCCc2ccc(F)cc2)ccc1Br. The van der Waals surface area contributed by atoms with E-state index in [4.69, 9.17) is 0 Å². The number of benzene rings is 2. The molecule has 0 saturated heterocycles. The van der Waals surface area contributed by atoms with Gasteiger partial charge < -0.3 is 5.32 Å². The number of halogens is 2. The van der Waals surface area contributed by atoms with E-state index in [2.05, 4.69) is 21.2 Å². The van der Waals surface area contributed by atoms with Gasteiger partial charge in [-0.15, -0.1) is 0 Å². The highest BCUT2D eigenvalue weighted by Gasteiger charge is 2.22.